The van der Waals surface area contributed by atoms with Crippen LogP contribution in [0.1, 0.15) is 31.6 Å². The van der Waals surface area contributed by atoms with E-state index in [0.717, 1.165) is 25.7 Å². The van der Waals surface area contributed by atoms with Crippen molar-refractivity contribution >= 4 is 6.09 Å². The molecule has 8 heteroatoms. The lowest BCUT2D eigenvalue weighted by Crippen LogP contribution is -2.37. The van der Waals surface area contributed by atoms with Gasteiger partial charge in [-0.05, 0) is 43.7 Å². The van der Waals surface area contributed by atoms with Gasteiger partial charge in [0.15, 0.2) is 0 Å². The molecule has 0 saturated carbocycles. The highest BCUT2D eigenvalue weighted by Crippen LogP contribution is 2.26. The van der Waals surface area contributed by atoms with E-state index in [4.69, 9.17) is 14.3 Å². The molecular weight excluding hydrogens is 341 g/mol. The molecule has 1 fully saturated rings. The first kappa shape index (κ1) is 18.2. The molecular formula is C18H22FN3O4. The molecule has 1 aliphatic heterocycles. The molecule has 0 atom stereocenters. The van der Waals surface area contributed by atoms with Crippen LogP contribution in [0.15, 0.2) is 22.6 Å². The molecule has 1 aromatic carbocycles. The SMILES string of the molecule is Cc1nnc(-c2ccc(OCCCC3CCN(C(=O)O)CC3)cc2F)o1. The van der Waals surface area contributed by atoms with Crippen LogP contribution in [0.5, 0.6) is 5.75 Å². The van der Waals surface area contributed by atoms with Crippen molar-refractivity contribution in [3.63, 3.8) is 0 Å². The number of carboxylic acid groups (broad SMARTS) is 1. The van der Waals surface area contributed by atoms with Crippen LogP contribution < -0.4 is 4.74 Å². The van der Waals surface area contributed by atoms with E-state index in [1.807, 2.05) is 0 Å². The molecule has 1 amide bonds. The van der Waals surface area contributed by atoms with Crippen molar-refractivity contribution in [2.75, 3.05) is 19.7 Å². The third-order valence-electron chi connectivity index (χ3n) is 4.61. The highest BCUT2D eigenvalue weighted by molar-refractivity contribution is 5.64. The number of amides is 1. The number of piperidine rings is 1. The maximum atomic E-state index is 14.2. The molecule has 1 aromatic heterocycles. The van der Waals surface area contributed by atoms with Gasteiger partial charge in [-0.1, -0.05) is 0 Å². The van der Waals surface area contributed by atoms with Crippen molar-refractivity contribution in [1.82, 2.24) is 15.1 Å². The number of nitrogens with zero attached hydrogens (tertiary/aromatic N) is 3. The van der Waals surface area contributed by atoms with E-state index >= 15 is 0 Å². The number of halogens is 1. The van der Waals surface area contributed by atoms with E-state index < -0.39 is 11.9 Å². The van der Waals surface area contributed by atoms with Crippen molar-refractivity contribution in [2.45, 2.75) is 32.6 Å². The zero-order valence-electron chi connectivity index (χ0n) is 14.7. The molecule has 2 heterocycles. The molecule has 1 aliphatic rings. The van der Waals surface area contributed by atoms with Crippen LogP contribution in [0.2, 0.25) is 0 Å². The van der Waals surface area contributed by atoms with Gasteiger partial charge in [-0.2, -0.15) is 0 Å². The average Bonchev–Trinajstić information content (AvgIpc) is 3.05. The Balaban J connectivity index is 1.43. The quantitative estimate of drug-likeness (QED) is 0.787. The fourth-order valence-electron chi connectivity index (χ4n) is 3.14. The molecule has 0 radical (unpaired) electrons. The Hall–Kier alpha value is -2.64. The molecule has 2 aromatic rings. The smallest absolute Gasteiger partial charge is 0.407 e. The Morgan fingerprint density at radius 1 is 1.38 bits per heavy atom. The van der Waals surface area contributed by atoms with Gasteiger partial charge in [0, 0.05) is 26.1 Å². The van der Waals surface area contributed by atoms with Crippen molar-refractivity contribution < 1.29 is 23.4 Å². The zero-order chi connectivity index (χ0) is 18.5. The van der Waals surface area contributed by atoms with Crippen molar-refractivity contribution in [3.05, 3.63) is 29.9 Å². The van der Waals surface area contributed by atoms with Crippen LogP contribution in [0.25, 0.3) is 11.5 Å². The Labute approximate surface area is 150 Å². The molecule has 0 aliphatic carbocycles. The lowest BCUT2D eigenvalue weighted by atomic mass is 9.92. The second kappa shape index (κ2) is 8.16. The predicted molar refractivity (Wildman–Crippen MR) is 91.5 cm³/mol. The lowest BCUT2D eigenvalue weighted by Gasteiger charge is -2.29. The summed E-state index contributed by atoms with van der Waals surface area (Å²) in [5.41, 5.74) is 0.253. The number of benzene rings is 1. The van der Waals surface area contributed by atoms with E-state index in [9.17, 15) is 9.18 Å². The van der Waals surface area contributed by atoms with Crippen LogP contribution in [0.3, 0.4) is 0 Å². The summed E-state index contributed by atoms with van der Waals surface area (Å²) in [5.74, 6) is 1.05. The van der Waals surface area contributed by atoms with Gasteiger partial charge in [0.05, 0.1) is 12.2 Å². The van der Waals surface area contributed by atoms with E-state index in [1.165, 1.54) is 11.0 Å². The highest BCUT2D eigenvalue weighted by atomic mass is 19.1. The number of rotatable bonds is 6. The summed E-state index contributed by atoms with van der Waals surface area (Å²) >= 11 is 0. The van der Waals surface area contributed by atoms with E-state index in [-0.39, 0.29) is 11.5 Å². The maximum absolute atomic E-state index is 14.2. The summed E-state index contributed by atoms with van der Waals surface area (Å²) in [6.45, 7) is 3.35. The summed E-state index contributed by atoms with van der Waals surface area (Å²) < 4.78 is 25.0. The normalized spacial score (nSPS) is 15.2. The summed E-state index contributed by atoms with van der Waals surface area (Å²) in [6.07, 6.45) is 2.77. The second-order valence-electron chi connectivity index (χ2n) is 6.47. The van der Waals surface area contributed by atoms with Gasteiger partial charge in [-0.15, -0.1) is 10.2 Å². The lowest BCUT2D eigenvalue weighted by molar-refractivity contribution is 0.121. The molecule has 3 rings (SSSR count). The zero-order valence-corrected chi connectivity index (χ0v) is 14.7. The summed E-state index contributed by atoms with van der Waals surface area (Å²) in [4.78, 5) is 12.3. The number of hydrogen-bond donors (Lipinski definition) is 1. The summed E-state index contributed by atoms with van der Waals surface area (Å²) in [7, 11) is 0. The van der Waals surface area contributed by atoms with E-state index in [0.29, 0.717) is 37.3 Å². The molecule has 7 nitrogen and oxygen atoms in total. The minimum atomic E-state index is -0.840. The van der Waals surface area contributed by atoms with Gasteiger partial charge >= 0.3 is 6.09 Å². The number of carbonyl (C=O) groups is 1. The van der Waals surface area contributed by atoms with Gasteiger partial charge in [0.1, 0.15) is 11.6 Å². The van der Waals surface area contributed by atoms with E-state index in [1.54, 1.807) is 19.1 Å². The van der Waals surface area contributed by atoms with Crippen molar-refractivity contribution in [2.24, 2.45) is 5.92 Å². The molecule has 1 saturated heterocycles. The minimum Gasteiger partial charge on any atom is -0.493 e. The standard InChI is InChI=1S/C18H22FN3O4/c1-12-20-21-17(26-12)15-5-4-14(11-16(15)19)25-10-2-3-13-6-8-22(9-7-13)18(23)24/h4-5,11,13H,2-3,6-10H2,1H3,(H,23,24). The highest BCUT2D eigenvalue weighted by Gasteiger charge is 2.21. The number of ether oxygens (including phenoxy) is 1. The number of hydrogen-bond acceptors (Lipinski definition) is 5. The predicted octanol–water partition coefficient (Wildman–Crippen LogP) is 3.73. The Bertz CT molecular complexity index is 757. The molecule has 0 unspecified atom stereocenters. The minimum absolute atomic E-state index is 0.152. The number of aryl methyl sites for hydroxylation is 1. The molecule has 140 valence electrons. The van der Waals surface area contributed by atoms with Gasteiger partial charge in [0.25, 0.3) is 5.89 Å². The summed E-state index contributed by atoms with van der Waals surface area (Å²) in [6, 6.07) is 4.57. The van der Waals surface area contributed by atoms with Gasteiger partial charge in [-0.25, -0.2) is 9.18 Å². The first-order chi connectivity index (χ1) is 12.5. The van der Waals surface area contributed by atoms with Crippen LogP contribution in [-0.4, -0.2) is 46.0 Å². The van der Waals surface area contributed by atoms with E-state index in [2.05, 4.69) is 10.2 Å². The maximum Gasteiger partial charge on any atom is 0.407 e. The number of likely N-dealkylation sites (tertiary alicyclic amines) is 1. The molecule has 1 N–H and O–H groups in total. The number of aromatic nitrogens is 2. The molecule has 26 heavy (non-hydrogen) atoms. The first-order valence-corrected chi connectivity index (χ1v) is 8.73. The fraction of sp³-hybridized carbons (Fsp3) is 0.500. The average molecular weight is 363 g/mol. The Kier molecular flexibility index (Phi) is 5.70. The molecule has 0 spiro atoms. The van der Waals surface area contributed by atoms with Gasteiger partial charge in [0.2, 0.25) is 5.89 Å². The van der Waals surface area contributed by atoms with Crippen molar-refractivity contribution in [1.29, 1.82) is 0 Å². The molecule has 0 bridgehead atoms. The van der Waals surface area contributed by atoms with Gasteiger partial charge < -0.3 is 19.2 Å². The van der Waals surface area contributed by atoms with Crippen molar-refractivity contribution in [3.8, 4) is 17.2 Å². The van der Waals surface area contributed by atoms with Gasteiger partial charge in [-0.3, -0.25) is 0 Å². The topological polar surface area (TPSA) is 88.7 Å². The van der Waals surface area contributed by atoms with Crippen LogP contribution in [-0.2, 0) is 0 Å². The fourth-order valence-corrected chi connectivity index (χ4v) is 3.14. The third-order valence-corrected chi connectivity index (χ3v) is 4.61. The third kappa shape index (κ3) is 4.50. The Morgan fingerprint density at radius 2 is 2.15 bits per heavy atom. The Morgan fingerprint density at radius 3 is 2.77 bits per heavy atom. The monoisotopic (exact) mass is 363 g/mol. The van der Waals surface area contributed by atoms with Crippen LogP contribution in [0, 0.1) is 18.7 Å². The summed E-state index contributed by atoms with van der Waals surface area (Å²) in [5, 5.41) is 16.5. The largest absolute Gasteiger partial charge is 0.493 e. The first-order valence-electron chi connectivity index (χ1n) is 8.73. The van der Waals surface area contributed by atoms with Crippen LogP contribution >= 0.6 is 0 Å². The van der Waals surface area contributed by atoms with Crippen LogP contribution in [0.4, 0.5) is 9.18 Å². The second-order valence-corrected chi connectivity index (χ2v) is 6.47.